The fourth-order valence-electron chi connectivity index (χ4n) is 2.99. The summed E-state index contributed by atoms with van der Waals surface area (Å²) >= 11 is 0. The van der Waals surface area contributed by atoms with Crippen LogP contribution < -0.4 is 9.47 Å². The maximum Gasteiger partial charge on any atom is 0.513 e. The van der Waals surface area contributed by atoms with E-state index in [-0.39, 0.29) is 13.2 Å². The molecule has 0 aliphatic heterocycles. The number of carbonyl (C=O) groups excluding carboxylic acids is 2. The van der Waals surface area contributed by atoms with Crippen LogP contribution in [0.25, 0.3) is 21.5 Å². The highest BCUT2D eigenvalue weighted by Crippen LogP contribution is 2.44. The molecule has 140 valence electrons. The van der Waals surface area contributed by atoms with Crippen LogP contribution in [0.1, 0.15) is 19.4 Å². The molecule has 0 bridgehead atoms. The van der Waals surface area contributed by atoms with Gasteiger partial charge in [0.2, 0.25) is 0 Å². The molecule has 6 nitrogen and oxygen atoms in total. The van der Waals surface area contributed by atoms with E-state index in [1.54, 1.807) is 32.0 Å². The Bertz CT molecular complexity index is 1010. The summed E-state index contributed by atoms with van der Waals surface area (Å²) in [7, 11) is 0. The van der Waals surface area contributed by atoms with Crippen molar-refractivity contribution in [1.82, 2.24) is 0 Å². The molecular weight excluding hydrogens is 348 g/mol. The van der Waals surface area contributed by atoms with Crippen molar-refractivity contribution in [3.05, 3.63) is 48.0 Å². The van der Waals surface area contributed by atoms with Gasteiger partial charge in [-0.1, -0.05) is 42.5 Å². The van der Waals surface area contributed by atoms with Crippen LogP contribution in [-0.4, -0.2) is 25.5 Å². The van der Waals surface area contributed by atoms with Crippen molar-refractivity contribution in [1.29, 1.82) is 0 Å². The van der Waals surface area contributed by atoms with Gasteiger partial charge in [-0.25, -0.2) is 9.59 Å². The average Bonchev–Trinajstić information content (AvgIpc) is 2.65. The number of carbonyl (C=O) groups is 2. The van der Waals surface area contributed by atoms with E-state index in [4.69, 9.17) is 18.9 Å². The van der Waals surface area contributed by atoms with Gasteiger partial charge in [-0.05, 0) is 26.3 Å². The minimum absolute atomic E-state index is 0.206. The topological polar surface area (TPSA) is 71.1 Å². The standard InChI is InChI=1S/C21H20O6/c1-4-24-20(22)26-18-14-10-6-7-11-15(14)19(27-21(23)25-5-2)17-13(3)9-8-12-16(17)18/h6-12H,4-5H2,1-3H3. The maximum atomic E-state index is 12.0. The van der Waals surface area contributed by atoms with Crippen LogP contribution in [0.4, 0.5) is 9.59 Å². The molecule has 0 fully saturated rings. The van der Waals surface area contributed by atoms with Crippen molar-refractivity contribution in [3.63, 3.8) is 0 Å². The Balaban J connectivity index is 2.31. The van der Waals surface area contributed by atoms with Gasteiger partial charge in [-0.15, -0.1) is 0 Å². The van der Waals surface area contributed by atoms with Crippen molar-refractivity contribution in [2.24, 2.45) is 0 Å². The maximum absolute atomic E-state index is 12.0. The Labute approximate surface area is 156 Å². The molecule has 0 N–H and O–H groups in total. The number of ether oxygens (including phenoxy) is 4. The Hall–Kier alpha value is -3.28. The highest BCUT2D eigenvalue weighted by Gasteiger charge is 2.21. The van der Waals surface area contributed by atoms with E-state index in [1.807, 2.05) is 31.2 Å². The lowest BCUT2D eigenvalue weighted by molar-refractivity contribution is 0.103. The number of hydrogen-bond acceptors (Lipinski definition) is 6. The highest BCUT2D eigenvalue weighted by atomic mass is 16.7. The van der Waals surface area contributed by atoms with Crippen molar-refractivity contribution < 1.29 is 28.5 Å². The van der Waals surface area contributed by atoms with Gasteiger partial charge in [0.15, 0.2) is 5.75 Å². The minimum Gasteiger partial charge on any atom is -0.434 e. The zero-order chi connectivity index (χ0) is 19.4. The molecule has 0 unspecified atom stereocenters. The van der Waals surface area contributed by atoms with Crippen LogP contribution >= 0.6 is 0 Å². The highest BCUT2D eigenvalue weighted by molar-refractivity contribution is 6.13. The first-order valence-electron chi connectivity index (χ1n) is 8.70. The average molecular weight is 368 g/mol. The molecule has 0 radical (unpaired) electrons. The molecule has 6 heteroatoms. The summed E-state index contributed by atoms with van der Waals surface area (Å²) in [5.74, 6) is 0.729. The predicted octanol–water partition coefficient (Wildman–Crippen LogP) is 5.37. The molecule has 0 spiro atoms. The van der Waals surface area contributed by atoms with E-state index in [1.165, 1.54) is 0 Å². The second-order valence-corrected chi connectivity index (χ2v) is 5.77. The molecule has 0 atom stereocenters. The molecule has 27 heavy (non-hydrogen) atoms. The van der Waals surface area contributed by atoms with Crippen LogP contribution in [-0.2, 0) is 9.47 Å². The summed E-state index contributed by atoms with van der Waals surface area (Å²) in [6.07, 6.45) is -1.57. The van der Waals surface area contributed by atoms with Gasteiger partial charge in [-0.3, -0.25) is 0 Å². The monoisotopic (exact) mass is 368 g/mol. The van der Waals surface area contributed by atoms with E-state index < -0.39 is 12.3 Å². The smallest absolute Gasteiger partial charge is 0.434 e. The molecule has 3 aromatic carbocycles. The minimum atomic E-state index is -0.787. The van der Waals surface area contributed by atoms with Gasteiger partial charge in [0.1, 0.15) is 5.75 Å². The zero-order valence-corrected chi connectivity index (χ0v) is 15.4. The Morgan fingerprint density at radius 1 is 0.741 bits per heavy atom. The van der Waals surface area contributed by atoms with Crippen molar-refractivity contribution in [2.45, 2.75) is 20.8 Å². The Morgan fingerprint density at radius 2 is 1.26 bits per heavy atom. The summed E-state index contributed by atoms with van der Waals surface area (Å²) in [5.41, 5.74) is 0.867. The van der Waals surface area contributed by atoms with Crippen molar-refractivity contribution in [3.8, 4) is 11.5 Å². The van der Waals surface area contributed by atoms with Crippen LogP contribution in [0.2, 0.25) is 0 Å². The second-order valence-electron chi connectivity index (χ2n) is 5.77. The molecule has 0 aromatic heterocycles. The van der Waals surface area contributed by atoms with Gasteiger partial charge in [0.25, 0.3) is 0 Å². The van der Waals surface area contributed by atoms with Gasteiger partial charge in [-0.2, -0.15) is 0 Å². The van der Waals surface area contributed by atoms with Crippen molar-refractivity contribution >= 4 is 33.9 Å². The first-order chi connectivity index (χ1) is 13.1. The summed E-state index contributed by atoms with van der Waals surface area (Å²) < 4.78 is 20.9. The SMILES string of the molecule is CCOC(=O)Oc1c2ccccc2c(OC(=O)OCC)c2c(C)cccc12. The fraction of sp³-hybridized carbons (Fsp3) is 0.238. The quantitative estimate of drug-likeness (QED) is 0.350. The number of aryl methyl sites for hydroxylation is 1. The van der Waals surface area contributed by atoms with E-state index in [9.17, 15) is 9.59 Å². The van der Waals surface area contributed by atoms with E-state index in [0.29, 0.717) is 33.0 Å². The van der Waals surface area contributed by atoms with Gasteiger partial charge < -0.3 is 18.9 Å². The largest absolute Gasteiger partial charge is 0.513 e. The number of benzene rings is 3. The van der Waals surface area contributed by atoms with Crippen LogP contribution in [0.5, 0.6) is 11.5 Å². The third-order valence-electron chi connectivity index (χ3n) is 4.06. The molecule has 0 aliphatic rings. The first kappa shape index (κ1) is 18.5. The molecule has 0 amide bonds. The lowest BCUT2D eigenvalue weighted by Crippen LogP contribution is -2.13. The third-order valence-corrected chi connectivity index (χ3v) is 4.06. The number of fused-ring (bicyclic) bond motifs is 2. The molecule has 3 rings (SSSR count). The van der Waals surface area contributed by atoms with Gasteiger partial charge >= 0.3 is 12.3 Å². The number of hydrogen-bond donors (Lipinski definition) is 0. The molecule has 0 saturated carbocycles. The molecule has 3 aromatic rings. The molecule has 0 saturated heterocycles. The van der Waals surface area contributed by atoms with E-state index in [0.717, 1.165) is 5.56 Å². The molecule has 0 heterocycles. The summed E-state index contributed by atoms with van der Waals surface area (Å²) in [6.45, 7) is 5.72. The normalized spacial score (nSPS) is 10.6. The second kappa shape index (κ2) is 7.95. The first-order valence-corrected chi connectivity index (χ1v) is 8.70. The molecule has 0 aliphatic carbocycles. The Kier molecular flexibility index (Phi) is 5.45. The number of rotatable bonds is 4. The summed E-state index contributed by atoms with van der Waals surface area (Å²) in [5, 5.41) is 2.57. The van der Waals surface area contributed by atoms with Crippen molar-refractivity contribution in [2.75, 3.05) is 13.2 Å². The summed E-state index contributed by atoms with van der Waals surface area (Å²) in [6, 6.07) is 12.8. The summed E-state index contributed by atoms with van der Waals surface area (Å²) in [4.78, 5) is 24.0. The Morgan fingerprint density at radius 3 is 1.85 bits per heavy atom. The fourth-order valence-corrected chi connectivity index (χ4v) is 2.99. The van der Waals surface area contributed by atoms with Gasteiger partial charge in [0, 0.05) is 21.5 Å². The van der Waals surface area contributed by atoms with Crippen LogP contribution in [0.3, 0.4) is 0 Å². The lowest BCUT2D eigenvalue weighted by atomic mass is 9.97. The van der Waals surface area contributed by atoms with Crippen LogP contribution in [0, 0.1) is 6.92 Å². The van der Waals surface area contributed by atoms with E-state index in [2.05, 4.69) is 0 Å². The van der Waals surface area contributed by atoms with Crippen LogP contribution in [0.15, 0.2) is 42.5 Å². The third kappa shape index (κ3) is 3.65. The van der Waals surface area contributed by atoms with E-state index >= 15 is 0 Å². The zero-order valence-electron chi connectivity index (χ0n) is 15.4. The lowest BCUT2D eigenvalue weighted by Gasteiger charge is -2.17. The van der Waals surface area contributed by atoms with Gasteiger partial charge in [0.05, 0.1) is 13.2 Å². The predicted molar refractivity (Wildman–Crippen MR) is 101 cm³/mol. The molecular formula is C21H20O6.